The molecule has 1 aliphatic rings. The Hall–Kier alpha value is -3.31. The van der Waals surface area contributed by atoms with E-state index in [2.05, 4.69) is 0 Å². The highest BCUT2D eigenvalue weighted by Gasteiger charge is 2.35. The summed E-state index contributed by atoms with van der Waals surface area (Å²) in [4.78, 5) is 39.5. The van der Waals surface area contributed by atoms with Gasteiger partial charge in [0.05, 0.1) is 27.7 Å². The van der Waals surface area contributed by atoms with Crippen molar-refractivity contribution in [3.63, 3.8) is 0 Å². The molecule has 0 radical (unpaired) electrons. The number of hydrogen-bond acceptors (Lipinski definition) is 7. The maximum Gasteiger partial charge on any atom is 0.343 e. The highest BCUT2D eigenvalue weighted by Crippen LogP contribution is 2.37. The zero-order chi connectivity index (χ0) is 26.5. The van der Waals surface area contributed by atoms with Crippen LogP contribution in [0.3, 0.4) is 0 Å². The van der Waals surface area contributed by atoms with Gasteiger partial charge >= 0.3 is 5.97 Å². The predicted molar refractivity (Wildman–Crippen MR) is 151 cm³/mol. The number of esters is 1. The van der Waals surface area contributed by atoms with Gasteiger partial charge < -0.3 is 14.2 Å². The molecule has 0 atom stereocenters. The Bertz CT molecular complexity index is 1390. The summed E-state index contributed by atoms with van der Waals surface area (Å²) in [5.41, 5.74) is 3.16. The van der Waals surface area contributed by atoms with E-state index in [4.69, 9.17) is 14.2 Å². The monoisotopic (exact) mass is 629 g/mol. The van der Waals surface area contributed by atoms with E-state index in [-0.39, 0.29) is 30.0 Å². The molecule has 7 nitrogen and oxygen atoms in total. The van der Waals surface area contributed by atoms with Crippen molar-refractivity contribution >= 4 is 57.5 Å². The predicted octanol–water partition coefficient (Wildman–Crippen LogP) is 6.25. The Morgan fingerprint density at radius 2 is 1.78 bits per heavy atom. The quantitative estimate of drug-likeness (QED) is 0.126. The van der Waals surface area contributed by atoms with Crippen LogP contribution in [0.2, 0.25) is 0 Å². The number of carbonyl (C=O) groups excluding carboxylic acids is 3. The van der Waals surface area contributed by atoms with Crippen molar-refractivity contribution in [1.29, 1.82) is 0 Å². The Balaban J connectivity index is 1.46. The first-order chi connectivity index (χ1) is 17.7. The van der Waals surface area contributed by atoms with E-state index in [1.807, 2.05) is 72.8 Å². The molecule has 37 heavy (non-hydrogen) atoms. The van der Waals surface area contributed by atoms with Crippen LogP contribution in [0.25, 0.3) is 6.08 Å². The third-order valence-electron chi connectivity index (χ3n) is 5.48. The molecule has 0 aromatic heterocycles. The molecule has 0 bridgehead atoms. The fourth-order valence-corrected chi connectivity index (χ4v) is 5.17. The molecule has 0 spiro atoms. The fourth-order valence-electron chi connectivity index (χ4n) is 3.57. The van der Waals surface area contributed by atoms with E-state index < -0.39 is 5.97 Å². The van der Waals surface area contributed by atoms with Gasteiger partial charge in [-0.1, -0.05) is 29.8 Å². The Morgan fingerprint density at radius 1 is 1.03 bits per heavy atom. The number of methoxy groups -OCH3 is 1. The Kier molecular flexibility index (Phi) is 8.55. The van der Waals surface area contributed by atoms with E-state index in [0.29, 0.717) is 31.1 Å². The van der Waals surface area contributed by atoms with Crippen LogP contribution < -0.4 is 14.2 Å². The lowest BCUT2D eigenvalue weighted by molar-refractivity contribution is -0.123. The van der Waals surface area contributed by atoms with Gasteiger partial charge in [-0.2, -0.15) is 0 Å². The lowest BCUT2D eigenvalue weighted by Gasteiger charge is -2.14. The first-order valence-electron chi connectivity index (χ1n) is 11.4. The number of ether oxygens (including phenoxy) is 3. The second kappa shape index (κ2) is 11.8. The Labute approximate surface area is 232 Å². The van der Waals surface area contributed by atoms with Gasteiger partial charge in [-0.15, -0.1) is 0 Å². The highest BCUT2D eigenvalue weighted by atomic mass is 127. The minimum Gasteiger partial charge on any atom is -0.493 e. The van der Waals surface area contributed by atoms with Crippen molar-refractivity contribution in [3.8, 4) is 17.2 Å². The first kappa shape index (κ1) is 26.7. The zero-order valence-electron chi connectivity index (χ0n) is 20.4. The molecule has 2 amide bonds. The third-order valence-corrected chi connectivity index (χ3v) is 7.19. The maximum absolute atomic E-state index is 12.9. The molecule has 0 unspecified atom stereocenters. The topological polar surface area (TPSA) is 82.1 Å². The summed E-state index contributed by atoms with van der Waals surface area (Å²) in [7, 11) is 1.47. The van der Waals surface area contributed by atoms with Crippen molar-refractivity contribution in [3.05, 3.63) is 91.4 Å². The van der Waals surface area contributed by atoms with E-state index in [1.54, 1.807) is 30.3 Å². The molecule has 0 N–H and O–H groups in total. The normalized spacial score (nSPS) is 14.3. The van der Waals surface area contributed by atoms with Crippen molar-refractivity contribution in [2.75, 3.05) is 20.3 Å². The number of imide groups is 1. The van der Waals surface area contributed by atoms with Crippen LogP contribution in [-0.2, 0) is 4.79 Å². The maximum atomic E-state index is 12.9. The summed E-state index contributed by atoms with van der Waals surface area (Å²) >= 11 is 2.92. The smallest absolute Gasteiger partial charge is 0.343 e. The summed E-state index contributed by atoms with van der Waals surface area (Å²) in [6, 6.07) is 18.1. The molecule has 1 heterocycles. The van der Waals surface area contributed by atoms with Gasteiger partial charge in [0.1, 0.15) is 12.4 Å². The van der Waals surface area contributed by atoms with Crippen molar-refractivity contribution in [1.82, 2.24) is 4.90 Å². The first-order valence-corrected chi connectivity index (χ1v) is 13.3. The second-order valence-corrected chi connectivity index (χ2v) is 10.4. The minimum absolute atomic E-state index is 0.144. The van der Waals surface area contributed by atoms with Gasteiger partial charge in [-0.05, 0) is 102 Å². The van der Waals surface area contributed by atoms with Crippen LogP contribution in [0.4, 0.5) is 4.79 Å². The zero-order valence-corrected chi connectivity index (χ0v) is 23.4. The average Bonchev–Trinajstić information content (AvgIpc) is 3.13. The number of carbonyl (C=O) groups is 3. The van der Waals surface area contributed by atoms with E-state index in [0.717, 1.165) is 22.9 Å². The van der Waals surface area contributed by atoms with Gasteiger partial charge in [0.2, 0.25) is 0 Å². The van der Waals surface area contributed by atoms with Crippen LogP contribution in [0.5, 0.6) is 17.2 Å². The number of benzene rings is 3. The highest BCUT2D eigenvalue weighted by molar-refractivity contribution is 14.1. The van der Waals surface area contributed by atoms with E-state index in [9.17, 15) is 14.4 Å². The van der Waals surface area contributed by atoms with Crippen LogP contribution in [0.15, 0.2) is 65.6 Å². The molecule has 0 saturated carbocycles. The number of halogens is 1. The number of rotatable bonds is 8. The third kappa shape index (κ3) is 6.53. The summed E-state index contributed by atoms with van der Waals surface area (Å²) in [6.07, 6.45) is 1.63. The van der Waals surface area contributed by atoms with Gasteiger partial charge in [-0.25, -0.2) is 4.79 Å². The molecule has 0 aliphatic carbocycles. The number of hydrogen-bond donors (Lipinski definition) is 0. The van der Waals surface area contributed by atoms with Gasteiger partial charge in [0.25, 0.3) is 11.1 Å². The summed E-state index contributed by atoms with van der Waals surface area (Å²) in [6.45, 7) is 4.24. The average molecular weight is 629 g/mol. The summed E-state index contributed by atoms with van der Waals surface area (Å²) < 4.78 is 17.4. The van der Waals surface area contributed by atoms with Gasteiger partial charge in [0, 0.05) is 0 Å². The lowest BCUT2D eigenvalue weighted by atomic mass is 10.1. The number of nitrogens with zero attached hydrogens (tertiary/aromatic N) is 1. The van der Waals surface area contributed by atoms with Crippen LogP contribution in [-0.4, -0.2) is 42.3 Å². The van der Waals surface area contributed by atoms with E-state index >= 15 is 0 Å². The van der Waals surface area contributed by atoms with Gasteiger partial charge in [-0.3, -0.25) is 14.5 Å². The SMILES string of the molecule is COc1cc(/C=C2\SC(=O)N(CCOc3cccc(C)c3)C2=O)cc(I)c1OC(=O)c1ccc(C)cc1. The number of aryl methyl sites for hydroxylation is 2. The number of amides is 2. The van der Waals surface area contributed by atoms with Crippen LogP contribution >= 0.6 is 34.4 Å². The molecule has 1 aliphatic heterocycles. The molecule has 1 saturated heterocycles. The fraction of sp³-hybridized carbons (Fsp3) is 0.179. The Morgan fingerprint density at radius 3 is 2.49 bits per heavy atom. The molecule has 1 fully saturated rings. The van der Waals surface area contributed by atoms with Crippen LogP contribution in [0.1, 0.15) is 27.0 Å². The standard InChI is InChI=1S/C28H24INO6S/c1-17-7-9-20(10-8-17)27(32)36-25-22(29)14-19(15-23(25)34-3)16-24-26(31)30(28(33)37-24)11-12-35-21-6-4-5-18(2)13-21/h4-10,13-16H,11-12H2,1-3H3/b24-16-. The molecular formula is C28H24INO6S. The number of thioether (sulfide) groups is 1. The molecule has 3 aromatic carbocycles. The van der Waals surface area contributed by atoms with Crippen LogP contribution in [0, 0.1) is 17.4 Å². The largest absolute Gasteiger partial charge is 0.493 e. The molecule has 190 valence electrons. The van der Waals surface area contributed by atoms with Crippen molar-refractivity contribution in [2.24, 2.45) is 0 Å². The molecule has 4 rings (SSSR count). The molecule has 3 aromatic rings. The van der Waals surface area contributed by atoms with Gasteiger partial charge in [0.15, 0.2) is 11.5 Å². The van der Waals surface area contributed by atoms with Crippen molar-refractivity contribution < 1.29 is 28.6 Å². The van der Waals surface area contributed by atoms with E-state index in [1.165, 1.54) is 12.0 Å². The molecule has 9 heteroatoms. The second-order valence-electron chi connectivity index (χ2n) is 8.29. The summed E-state index contributed by atoms with van der Waals surface area (Å²) in [5, 5.41) is -0.352. The van der Waals surface area contributed by atoms with Crippen molar-refractivity contribution in [2.45, 2.75) is 13.8 Å². The minimum atomic E-state index is -0.502. The summed E-state index contributed by atoms with van der Waals surface area (Å²) in [5.74, 6) is 0.425. The lowest BCUT2D eigenvalue weighted by Crippen LogP contribution is -2.32. The molecular weight excluding hydrogens is 605 g/mol.